The number of morpholine rings is 1. The van der Waals surface area contributed by atoms with Gasteiger partial charge in [0.2, 0.25) is 4.93 Å². The molecule has 1 aromatic heterocycles. The molecule has 1 aliphatic heterocycles. The van der Waals surface area contributed by atoms with Crippen molar-refractivity contribution < 1.29 is 14.3 Å². The molecule has 2 heterocycles. The van der Waals surface area contributed by atoms with E-state index in [9.17, 15) is 4.79 Å². The van der Waals surface area contributed by atoms with Gasteiger partial charge in [0, 0.05) is 46.2 Å². The zero-order valence-electron chi connectivity index (χ0n) is 12.2. The zero-order chi connectivity index (χ0) is 15.1. The highest BCUT2D eigenvalue weighted by atomic mass is 32.2. The molecule has 0 aliphatic carbocycles. The molecule has 2 rings (SSSR count). The molecule has 0 radical (unpaired) electrons. The molecule has 1 saturated heterocycles. The van der Waals surface area contributed by atoms with Crippen molar-refractivity contribution in [3.8, 4) is 0 Å². The molecule has 1 N–H and O–H groups in total. The first-order valence-electron chi connectivity index (χ1n) is 6.73. The third kappa shape index (κ3) is 4.13. The molecular formula is C13H20N4O3S. The number of likely N-dealkylation sites (N-methyl/N-ethyl adjacent to an activating group) is 1. The van der Waals surface area contributed by atoms with E-state index in [0.29, 0.717) is 24.9 Å². The SMILES string of the molecule is CNC(=O)C(CN1CCOCC1)(OC)Sc1ncccn1. The van der Waals surface area contributed by atoms with Gasteiger partial charge in [-0.1, -0.05) is 0 Å². The van der Waals surface area contributed by atoms with E-state index in [1.54, 1.807) is 25.5 Å². The van der Waals surface area contributed by atoms with E-state index in [-0.39, 0.29) is 5.91 Å². The highest BCUT2D eigenvalue weighted by molar-refractivity contribution is 8.01. The molecule has 1 amide bonds. The number of carbonyl (C=O) groups excluding carboxylic acids is 1. The fourth-order valence-corrected chi connectivity index (χ4v) is 3.13. The Balaban J connectivity index is 2.17. The van der Waals surface area contributed by atoms with Crippen molar-refractivity contribution in [1.29, 1.82) is 0 Å². The molecule has 1 unspecified atom stereocenters. The van der Waals surface area contributed by atoms with E-state index in [1.807, 2.05) is 0 Å². The minimum absolute atomic E-state index is 0.200. The van der Waals surface area contributed by atoms with Gasteiger partial charge in [-0.25, -0.2) is 9.97 Å². The Labute approximate surface area is 128 Å². The molecule has 0 saturated carbocycles. The first kappa shape index (κ1) is 16.2. The van der Waals surface area contributed by atoms with Crippen LogP contribution in [-0.2, 0) is 14.3 Å². The molecule has 1 fully saturated rings. The molecule has 0 aromatic carbocycles. The van der Waals surface area contributed by atoms with E-state index >= 15 is 0 Å². The van der Waals surface area contributed by atoms with Gasteiger partial charge in [-0.05, 0) is 17.8 Å². The van der Waals surface area contributed by atoms with E-state index in [1.165, 1.54) is 18.9 Å². The number of methoxy groups -OCH3 is 1. The average Bonchev–Trinajstić information content (AvgIpc) is 2.55. The van der Waals surface area contributed by atoms with E-state index < -0.39 is 4.93 Å². The number of hydrogen-bond acceptors (Lipinski definition) is 7. The van der Waals surface area contributed by atoms with Crippen LogP contribution in [0.25, 0.3) is 0 Å². The lowest BCUT2D eigenvalue weighted by molar-refractivity contribution is -0.135. The van der Waals surface area contributed by atoms with Crippen molar-refractivity contribution in [3.05, 3.63) is 18.5 Å². The van der Waals surface area contributed by atoms with Gasteiger partial charge in [0.25, 0.3) is 5.91 Å². The Hall–Kier alpha value is -1.22. The Morgan fingerprint density at radius 3 is 2.71 bits per heavy atom. The molecule has 21 heavy (non-hydrogen) atoms. The molecule has 0 spiro atoms. The summed E-state index contributed by atoms with van der Waals surface area (Å²) in [7, 11) is 3.13. The van der Waals surface area contributed by atoms with Gasteiger partial charge in [0.1, 0.15) is 0 Å². The van der Waals surface area contributed by atoms with Crippen LogP contribution in [0.5, 0.6) is 0 Å². The molecule has 116 valence electrons. The third-order valence-corrected chi connectivity index (χ3v) is 4.44. The first-order chi connectivity index (χ1) is 10.2. The second-order valence-corrected chi connectivity index (χ2v) is 5.79. The van der Waals surface area contributed by atoms with Gasteiger partial charge in [0.15, 0.2) is 5.16 Å². The summed E-state index contributed by atoms with van der Waals surface area (Å²) < 4.78 is 10.9. The number of aromatic nitrogens is 2. The minimum atomic E-state index is -1.08. The second kappa shape index (κ2) is 7.69. The van der Waals surface area contributed by atoms with E-state index in [2.05, 4.69) is 20.2 Å². The molecule has 0 bridgehead atoms. The summed E-state index contributed by atoms with van der Waals surface area (Å²) in [4.78, 5) is 21.8. The second-order valence-electron chi connectivity index (χ2n) is 4.56. The van der Waals surface area contributed by atoms with E-state index in [0.717, 1.165) is 13.1 Å². The van der Waals surface area contributed by atoms with Crippen LogP contribution in [-0.4, -0.2) is 72.7 Å². The normalized spacial score (nSPS) is 19.0. The quantitative estimate of drug-likeness (QED) is 0.450. The fourth-order valence-electron chi connectivity index (χ4n) is 2.08. The summed E-state index contributed by atoms with van der Waals surface area (Å²) in [5.41, 5.74) is 0. The molecule has 8 heteroatoms. The van der Waals surface area contributed by atoms with Crippen molar-refractivity contribution in [1.82, 2.24) is 20.2 Å². The number of nitrogens with zero attached hydrogens (tertiary/aromatic N) is 3. The highest BCUT2D eigenvalue weighted by Crippen LogP contribution is 2.32. The maximum atomic E-state index is 12.4. The van der Waals surface area contributed by atoms with Crippen LogP contribution < -0.4 is 5.32 Å². The predicted molar refractivity (Wildman–Crippen MR) is 79.0 cm³/mol. The topological polar surface area (TPSA) is 76.6 Å². The van der Waals surface area contributed by atoms with Crippen LogP contribution >= 0.6 is 11.8 Å². The molecular weight excluding hydrogens is 292 g/mol. The summed E-state index contributed by atoms with van der Waals surface area (Å²) in [5.74, 6) is -0.200. The van der Waals surface area contributed by atoms with Crippen LogP contribution in [0, 0.1) is 0 Å². The number of thioether (sulfide) groups is 1. The Morgan fingerprint density at radius 2 is 2.14 bits per heavy atom. The molecule has 7 nitrogen and oxygen atoms in total. The summed E-state index contributed by atoms with van der Waals surface area (Å²) in [6.45, 7) is 3.34. The Bertz CT molecular complexity index is 456. The largest absolute Gasteiger partial charge is 0.379 e. The number of amides is 1. The number of rotatable bonds is 6. The zero-order valence-corrected chi connectivity index (χ0v) is 13.1. The van der Waals surface area contributed by atoms with Gasteiger partial charge >= 0.3 is 0 Å². The molecule has 1 atom stereocenters. The summed E-state index contributed by atoms with van der Waals surface area (Å²) in [6.07, 6.45) is 3.29. The summed E-state index contributed by atoms with van der Waals surface area (Å²) in [6, 6.07) is 1.74. The Morgan fingerprint density at radius 1 is 1.48 bits per heavy atom. The Kier molecular flexibility index (Phi) is 5.92. The average molecular weight is 312 g/mol. The van der Waals surface area contributed by atoms with Gasteiger partial charge in [-0.15, -0.1) is 0 Å². The van der Waals surface area contributed by atoms with Crippen LogP contribution in [0.3, 0.4) is 0 Å². The summed E-state index contributed by atoms with van der Waals surface area (Å²) in [5, 5.41) is 3.18. The third-order valence-electron chi connectivity index (χ3n) is 3.24. The van der Waals surface area contributed by atoms with Crippen molar-refractivity contribution in [3.63, 3.8) is 0 Å². The van der Waals surface area contributed by atoms with Crippen molar-refractivity contribution in [2.24, 2.45) is 0 Å². The highest BCUT2D eigenvalue weighted by Gasteiger charge is 2.42. The van der Waals surface area contributed by atoms with Gasteiger partial charge < -0.3 is 14.8 Å². The predicted octanol–water partition coefficient (Wildman–Crippen LogP) is -0.0104. The van der Waals surface area contributed by atoms with Gasteiger partial charge in [0.05, 0.1) is 13.2 Å². The van der Waals surface area contributed by atoms with Crippen LogP contribution in [0.2, 0.25) is 0 Å². The number of hydrogen-bond donors (Lipinski definition) is 1. The summed E-state index contributed by atoms with van der Waals surface area (Å²) >= 11 is 1.22. The monoisotopic (exact) mass is 312 g/mol. The lowest BCUT2D eigenvalue weighted by Crippen LogP contribution is -2.54. The lowest BCUT2D eigenvalue weighted by Gasteiger charge is -2.36. The standard InChI is InChI=1S/C13H20N4O3S/c1-14-11(18)13(19-2,10-17-6-8-20-9-7-17)21-12-15-4-3-5-16-12/h3-5H,6-10H2,1-2H3,(H,14,18). The van der Waals surface area contributed by atoms with Crippen LogP contribution in [0.1, 0.15) is 0 Å². The first-order valence-corrected chi connectivity index (χ1v) is 7.55. The van der Waals surface area contributed by atoms with Crippen molar-refractivity contribution >= 4 is 17.7 Å². The number of ether oxygens (including phenoxy) is 2. The smallest absolute Gasteiger partial charge is 0.264 e. The van der Waals surface area contributed by atoms with Crippen LogP contribution in [0.4, 0.5) is 0 Å². The minimum Gasteiger partial charge on any atom is -0.379 e. The molecule has 1 aliphatic rings. The maximum absolute atomic E-state index is 12.4. The molecule has 1 aromatic rings. The maximum Gasteiger partial charge on any atom is 0.264 e. The number of carbonyl (C=O) groups is 1. The van der Waals surface area contributed by atoms with Crippen LogP contribution in [0.15, 0.2) is 23.6 Å². The van der Waals surface area contributed by atoms with Gasteiger partial charge in [-0.2, -0.15) is 0 Å². The van der Waals surface area contributed by atoms with Crippen molar-refractivity contribution in [2.45, 2.75) is 10.1 Å². The number of nitrogens with one attached hydrogen (secondary N) is 1. The van der Waals surface area contributed by atoms with Gasteiger partial charge in [-0.3, -0.25) is 9.69 Å². The lowest BCUT2D eigenvalue weighted by atomic mass is 10.2. The van der Waals surface area contributed by atoms with E-state index in [4.69, 9.17) is 9.47 Å². The van der Waals surface area contributed by atoms with Crippen molar-refractivity contribution in [2.75, 3.05) is 47.0 Å². The fraction of sp³-hybridized carbons (Fsp3) is 0.615.